The van der Waals surface area contributed by atoms with Crippen molar-refractivity contribution < 1.29 is 4.92 Å². The molecule has 0 aliphatic carbocycles. The molecule has 1 aromatic carbocycles. The quantitative estimate of drug-likeness (QED) is 0.618. The van der Waals surface area contributed by atoms with Gasteiger partial charge in [0.05, 0.1) is 4.92 Å². The third kappa shape index (κ3) is 3.01. The van der Waals surface area contributed by atoms with Crippen LogP contribution >= 0.6 is 0 Å². The van der Waals surface area contributed by atoms with Crippen LogP contribution in [-0.4, -0.2) is 42.5 Å². The fraction of sp³-hybridized carbons (Fsp3) is 0.571. The first-order chi connectivity index (χ1) is 9.67. The molecule has 1 aromatic rings. The highest BCUT2D eigenvalue weighted by atomic mass is 16.6. The Morgan fingerprint density at radius 1 is 1.45 bits per heavy atom. The van der Waals surface area contributed by atoms with Crippen LogP contribution < -0.4 is 10.6 Å². The van der Waals surface area contributed by atoms with Gasteiger partial charge in [-0.25, -0.2) is 0 Å². The summed E-state index contributed by atoms with van der Waals surface area (Å²) in [5.74, 6) is 0. The third-order valence-electron chi connectivity index (χ3n) is 3.92. The van der Waals surface area contributed by atoms with Gasteiger partial charge in [0.25, 0.3) is 0 Å². The average molecular weight is 278 g/mol. The van der Waals surface area contributed by atoms with Gasteiger partial charge in [-0.2, -0.15) is 0 Å². The van der Waals surface area contributed by atoms with E-state index in [1.807, 2.05) is 6.07 Å². The van der Waals surface area contributed by atoms with Crippen molar-refractivity contribution in [2.45, 2.75) is 25.8 Å². The van der Waals surface area contributed by atoms with Crippen LogP contribution in [0, 0.1) is 10.1 Å². The van der Waals surface area contributed by atoms with Gasteiger partial charge in [-0.05, 0) is 38.1 Å². The summed E-state index contributed by atoms with van der Waals surface area (Å²) in [6.07, 6.45) is 2.36. The molecule has 0 aromatic heterocycles. The molecule has 1 saturated heterocycles. The van der Waals surface area contributed by atoms with Gasteiger partial charge in [0.1, 0.15) is 11.4 Å². The van der Waals surface area contributed by atoms with E-state index in [1.165, 1.54) is 6.42 Å². The zero-order valence-electron chi connectivity index (χ0n) is 12.1. The molecule has 0 saturated carbocycles. The van der Waals surface area contributed by atoms with Crippen LogP contribution in [0.4, 0.5) is 17.1 Å². The van der Waals surface area contributed by atoms with Crippen molar-refractivity contribution in [2.24, 2.45) is 0 Å². The number of nitro groups is 1. The highest BCUT2D eigenvalue weighted by Gasteiger charge is 2.24. The van der Waals surface area contributed by atoms with Crippen LogP contribution in [-0.2, 0) is 0 Å². The standard InChI is InChI=1S/C14H22N4O2/c1-3-17-9-5-6-11(17)10-16-13-8-4-7-12(15-2)14(13)18(19)20/h4,7-8,11,15-16H,3,5-6,9-10H2,1-2H3. The van der Waals surface area contributed by atoms with Crippen LogP contribution in [0.2, 0.25) is 0 Å². The predicted molar refractivity (Wildman–Crippen MR) is 81.4 cm³/mol. The molecule has 1 aliphatic heterocycles. The molecule has 1 heterocycles. The Kier molecular flexibility index (Phi) is 4.79. The molecule has 1 aliphatic rings. The van der Waals surface area contributed by atoms with Gasteiger partial charge < -0.3 is 10.6 Å². The van der Waals surface area contributed by atoms with E-state index < -0.39 is 0 Å². The number of likely N-dealkylation sites (N-methyl/N-ethyl adjacent to an activating group) is 1. The van der Waals surface area contributed by atoms with E-state index in [0.717, 1.165) is 26.1 Å². The Hall–Kier alpha value is -1.82. The van der Waals surface area contributed by atoms with Crippen LogP contribution in [0.1, 0.15) is 19.8 Å². The van der Waals surface area contributed by atoms with Gasteiger partial charge in [-0.3, -0.25) is 15.0 Å². The summed E-state index contributed by atoms with van der Waals surface area (Å²) < 4.78 is 0. The molecule has 0 bridgehead atoms. The molecule has 20 heavy (non-hydrogen) atoms. The summed E-state index contributed by atoms with van der Waals surface area (Å²) in [5, 5.41) is 17.4. The number of anilines is 2. The number of hydrogen-bond acceptors (Lipinski definition) is 5. The zero-order valence-corrected chi connectivity index (χ0v) is 12.1. The van der Waals surface area contributed by atoms with Gasteiger partial charge in [0.2, 0.25) is 0 Å². The van der Waals surface area contributed by atoms with Gasteiger partial charge >= 0.3 is 5.69 Å². The second kappa shape index (κ2) is 6.56. The van der Waals surface area contributed by atoms with Crippen molar-refractivity contribution in [1.82, 2.24) is 4.90 Å². The number of para-hydroxylation sites is 1. The lowest BCUT2D eigenvalue weighted by molar-refractivity contribution is -0.383. The van der Waals surface area contributed by atoms with Crippen LogP contribution in [0.3, 0.4) is 0 Å². The summed E-state index contributed by atoms with van der Waals surface area (Å²) in [5.41, 5.74) is 1.25. The number of nitrogens with zero attached hydrogens (tertiary/aromatic N) is 2. The number of hydrogen-bond donors (Lipinski definition) is 2. The van der Waals surface area contributed by atoms with Crippen molar-refractivity contribution in [2.75, 3.05) is 37.3 Å². The van der Waals surface area contributed by atoms with Crippen molar-refractivity contribution in [1.29, 1.82) is 0 Å². The van der Waals surface area contributed by atoms with Crippen LogP contribution in [0.25, 0.3) is 0 Å². The number of likely N-dealkylation sites (tertiary alicyclic amines) is 1. The number of nitro benzene ring substituents is 1. The Morgan fingerprint density at radius 3 is 2.85 bits per heavy atom. The average Bonchev–Trinajstić information content (AvgIpc) is 2.91. The van der Waals surface area contributed by atoms with Crippen LogP contribution in [0.5, 0.6) is 0 Å². The van der Waals surface area contributed by atoms with E-state index in [0.29, 0.717) is 17.4 Å². The van der Waals surface area contributed by atoms with E-state index in [4.69, 9.17) is 0 Å². The van der Waals surface area contributed by atoms with E-state index in [2.05, 4.69) is 22.5 Å². The molecule has 0 radical (unpaired) electrons. The Labute approximate surface area is 119 Å². The highest BCUT2D eigenvalue weighted by molar-refractivity contribution is 5.76. The highest BCUT2D eigenvalue weighted by Crippen LogP contribution is 2.32. The molecule has 1 fully saturated rings. The molecule has 2 rings (SSSR count). The van der Waals surface area contributed by atoms with E-state index in [-0.39, 0.29) is 10.6 Å². The van der Waals surface area contributed by atoms with E-state index >= 15 is 0 Å². The molecule has 1 atom stereocenters. The maximum Gasteiger partial charge on any atom is 0.315 e. The van der Waals surface area contributed by atoms with Gasteiger partial charge in [-0.1, -0.05) is 13.0 Å². The van der Waals surface area contributed by atoms with Gasteiger partial charge in [-0.15, -0.1) is 0 Å². The summed E-state index contributed by atoms with van der Waals surface area (Å²) >= 11 is 0. The topological polar surface area (TPSA) is 70.4 Å². The summed E-state index contributed by atoms with van der Waals surface area (Å²) in [7, 11) is 1.70. The third-order valence-corrected chi connectivity index (χ3v) is 3.92. The largest absolute Gasteiger partial charge is 0.382 e. The smallest absolute Gasteiger partial charge is 0.315 e. The minimum atomic E-state index is -0.333. The second-order valence-corrected chi connectivity index (χ2v) is 5.01. The van der Waals surface area contributed by atoms with E-state index in [1.54, 1.807) is 19.2 Å². The molecule has 2 N–H and O–H groups in total. The Balaban J connectivity index is 2.11. The normalized spacial score (nSPS) is 19.0. The first-order valence-corrected chi connectivity index (χ1v) is 7.10. The minimum Gasteiger partial charge on any atom is -0.382 e. The minimum absolute atomic E-state index is 0.121. The van der Waals surface area contributed by atoms with Crippen LogP contribution in [0.15, 0.2) is 18.2 Å². The lowest BCUT2D eigenvalue weighted by Gasteiger charge is -2.23. The predicted octanol–water partition coefficient (Wildman–Crippen LogP) is 2.53. The van der Waals surface area contributed by atoms with Crippen molar-refractivity contribution >= 4 is 17.1 Å². The van der Waals surface area contributed by atoms with Crippen molar-refractivity contribution in [3.05, 3.63) is 28.3 Å². The Bertz CT molecular complexity index is 478. The maximum absolute atomic E-state index is 11.2. The lowest BCUT2D eigenvalue weighted by atomic mass is 10.2. The molecule has 6 heteroatoms. The first kappa shape index (κ1) is 14.6. The summed E-state index contributed by atoms with van der Waals surface area (Å²) in [4.78, 5) is 13.3. The lowest BCUT2D eigenvalue weighted by Crippen LogP contribution is -2.34. The van der Waals surface area contributed by atoms with Gasteiger partial charge in [0, 0.05) is 19.6 Å². The molecule has 1 unspecified atom stereocenters. The number of benzene rings is 1. The monoisotopic (exact) mass is 278 g/mol. The molecule has 0 spiro atoms. The second-order valence-electron chi connectivity index (χ2n) is 5.01. The van der Waals surface area contributed by atoms with Crippen molar-refractivity contribution in [3.63, 3.8) is 0 Å². The van der Waals surface area contributed by atoms with Crippen molar-refractivity contribution in [3.8, 4) is 0 Å². The fourth-order valence-corrected chi connectivity index (χ4v) is 2.85. The fourth-order valence-electron chi connectivity index (χ4n) is 2.85. The number of nitrogens with one attached hydrogen (secondary N) is 2. The Morgan fingerprint density at radius 2 is 2.20 bits per heavy atom. The molecule has 6 nitrogen and oxygen atoms in total. The van der Waals surface area contributed by atoms with E-state index in [9.17, 15) is 10.1 Å². The zero-order chi connectivity index (χ0) is 14.5. The molecule has 110 valence electrons. The summed E-state index contributed by atoms with van der Waals surface area (Å²) in [6.45, 7) is 5.07. The SMILES string of the molecule is CCN1CCCC1CNc1cccc(NC)c1[N+](=O)[O-]. The number of rotatable bonds is 6. The molecular weight excluding hydrogens is 256 g/mol. The summed E-state index contributed by atoms with van der Waals surface area (Å²) in [6, 6.07) is 5.78. The maximum atomic E-state index is 11.2. The van der Waals surface area contributed by atoms with Gasteiger partial charge in [0.15, 0.2) is 0 Å². The first-order valence-electron chi connectivity index (χ1n) is 7.10. The molecule has 0 amide bonds. The molecular formula is C14H22N4O2.